The van der Waals surface area contributed by atoms with Crippen molar-refractivity contribution in [3.05, 3.63) is 36.0 Å². The van der Waals surface area contributed by atoms with Crippen LogP contribution in [0.2, 0.25) is 0 Å². The molecule has 0 spiro atoms. The summed E-state index contributed by atoms with van der Waals surface area (Å²) in [6.45, 7) is 7.67. The molecule has 0 aliphatic heterocycles. The highest BCUT2D eigenvalue weighted by Gasteiger charge is 2.24. The molecular weight excluding hydrogens is 320 g/mol. The molecule has 1 heterocycles. The molecule has 0 fully saturated rings. The fourth-order valence-corrected chi connectivity index (χ4v) is 2.52. The largest absolute Gasteiger partial charge is 0.465 e. The summed E-state index contributed by atoms with van der Waals surface area (Å²) in [7, 11) is 0. The van der Waals surface area contributed by atoms with Crippen LogP contribution in [0.5, 0.6) is 0 Å². The van der Waals surface area contributed by atoms with E-state index in [2.05, 4.69) is 4.98 Å². The van der Waals surface area contributed by atoms with Crippen LogP contribution in [0.15, 0.2) is 30.5 Å². The van der Waals surface area contributed by atoms with Crippen molar-refractivity contribution in [1.29, 1.82) is 0 Å². The highest BCUT2D eigenvalue weighted by molar-refractivity contribution is 5.83. The predicted octanol–water partition coefficient (Wildman–Crippen LogP) is 3.51. The molecule has 0 aliphatic carbocycles. The standard InChI is InChI=1S/C19H26N2O4/c1-5-24-17(22)13-21(18(23)25-19(2,3)4)11-10-14-12-20-16-9-7-6-8-15(14)16/h6-9,12,20H,5,10-11,13H2,1-4H3. The second-order valence-corrected chi connectivity index (χ2v) is 6.82. The normalized spacial score (nSPS) is 11.4. The fourth-order valence-electron chi connectivity index (χ4n) is 2.52. The number of nitrogens with zero attached hydrogens (tertiary/aromatic N) is 1. The van der Waals surface area contributed by atoms with Crippen LogP contribution in [-0.4, -0.2) is 47.2 Å². The van der Waals surface area contributed by atoms with Crippen molar-refractivity contribution in [3.63, 3.8) is 0 Å². The Labute approximate surface area is 148 Å². The zero-order valence-electron chi connectivity index (χ0n) is 15.3. The number of benzene rings is 1. The second-order valence-electron chi connectivity index (χ2n) is 6.82. The molecule has 1 aromatic carbocycles. The minimum Gasteiger partial charge on any atom is -0.465 e. The molecule has 0 radical (unpaired) electrons. The van der Waals surface area contributed by atoms with E-state index in [1.54, 1.807) is 27.7 Å². The summed E-state index contributed by atoms with van der Waals surface area (Å²) in [6, 6.07) is 7.98. The maximum absolute atomic E-state index is 12.4. The van der Waals surface area contributed by atoms with Gasteiger partial charge in [-0.3, -0.25) is 9.69 Å². The lowest BCUT2D eigenvalue weighted by Crippen LogP contribution is -2.41. The van der Waals surface area contributed by atoms with Crippen molar-refractivity contribution in [3.8, 4) is 0 Å². The van der Waals surface area contributed by atoms with Gasteiger partial charge in [-0.05, 0) is 45.7 Å². The zero-order chi connectivity index (χ0) is 18.4. The Bertz CT molecular complexity index is 730. The van der Waals surface area contributed by atoms with E-state index < -0.39 is 17.7 Å². The molecule has 25 heavy (non-hydrogen) atoms. The highest BCUT2D eigenvalue weighted by atomic mass is 16.6. The van der Waals surface area contributed by atoms with E-state index in [0.717, 1.165) is 16.5 Å². The zero-order valence-corrected chi connectivity index (χ0v) is 15.3. The molecule has 0 atom stereocenters. The monoisotopic (exact) mass is 346 g/mol. The lowest BCUT2D eigenvalue weighted by molar-refractivity contribution is -0.144. The van der Waals surface area contributed by atoms with Gasteiger partial charge in [-0.2, -0.15) is 0 Å². The SMILES string of the molecule is CCOC(=O)CN(CCc1c[nH]c2ccccc12)C(=O)OC(C)(C)C. The molecule has 0 saturated heterocycles. The molecule has 0 aliphatic rings. The first-order chi connectivity index (χ1) is 11.8. The van der Waals surface area contributed by atoms with Gasteiger partial charge in [-0.15, -0.1) is 0 Å². The van der Waals surface area contributed by atoms with Crippen LogP contribution in [0.1, 0.15) is 33.3 Å². The number of nitrogens with one attached hydrogen (secondary N) is 1. The molecule has 6 heteroatoms. The van der Waals surface area contributed by atoms with Crippen LogP contribution >= 0.6 is 0 Å². The van der Waals surface area contributed by atoms with Crippen LogP contribution < -0.4 is 0 Å². The second kappa shape index (κ2) is 8.05. The number of carbonyl (C=O) groups excluding carboxylic acids is 2. The minimum absolute atomic E-state index is 0.120. The third-order valence-electron chi connectivity index (χ3n) is 3.60. The molecule has 1 amide bonds. The molecular formula is C19H26N2O4. The Morgan fingerprint density at radius 3 is 2.60 bits per heavy atom. The number of hydrogen-bond acceptors (Lipinski definition) is 4. The summed E-state index contributed by atoms with van der Waals surface area (Å²) < 4.78 is 10.4. The average Bonchev–Trinajstić information content (AvgIpc) is 2.93. The Hall–Kier alpha value is -2.50. The van der Waals surface area contributed by atoms with Crippen LogP contribution in [0.3, 0.4) is 0 Å². The number of aromatic amines is 1. The summed E-state index contributed by atoms with van der Waals surface area (Å²) in [4.78, 5) is 28.8. The smallest absolute Gasteiger partial charge is 0.410 e. The van der Waals surface area contributed by atoms with Gasteiger partial charge in [0, 0.05) is 23.6 Å². The summed E-state index contributed by atoms with van der Waals surface area (Å²) in [6.07, 6.45) is 2.03. The summed E-state index contributed by atoms with van der Waals surface area (Å²) >= 11 is 0. The average molecular weight is 346 g/mol. The van der Waals surface area contributed by atoms with Gasteiger partial charge in [-0.1, -0.05) is 18.2 Å². The van der Waals surface area contributed by atoms with E-state index in [9.17, 15) is 9.59 Å². The number of para-hydroxylation sites is 1. The number of hydrogen-bond donors (Lipinski definition) is 1. The van der Waals surface area contributed by atoms with Gasteiger partial charge in [0.15, 0.2) is 0 Å². The molecule has 136 valence electrons. The Kier molecular flexibility index (Phi) is 6.07. The molecule has 2 rings (SSSR count). The number of aromatic nitrogens is 1. The van der Waals surface area contributed by atoms with Crippen molar-refractivity contribution in [2.24, 2.45) is 0 Å². The summed E-state index contributed by atoms with van der Waals surface area (Å²) in [5, 5.41) is 1.11. The number of esters is 1. The van der Waals surface area contributed by atoms with Crippen molar-refractivity contribution >= 4 is 23.0 Å². The van der Waals surface area contributed by atoms with Gasteiger partial charge in [0.1, 0.15) is 12.1 Å². The molecule has 0 saturated carbocycles. The Morgan fingerprint density at radius 1 is 1.20 bits per heavy atom. The Balaban J connectivity index is 2.09. The van der Waals surface area contributed by atoms with E-state index in [4.69, 9.17) is 9.47 Å². The van der Waals surface area contributed by atoms with Crippen molar-refractivity contribution in [2.45, 2.75) is 39.7 Å². The molecule has 0 bridgehead atoms. The first kappa shape index (κ1) is 18.8. The minimum atomic E-state index is -0.620. The number of amides is 1. The van der Waals surface area contributed by atoms with E-state index in [1.165, 1.54) is 4.90 Å². The van der Waals surface area contributed by atoms with Gasteiger partial charge in [0.05, 0.1) is 6.61 Å². The number of carbonyl (C=O) groups is 2. The van der Waals surface area contributed by atoms with Gasteiger partial charge >= 0.3 is 12.1 Å². The predicted molar refractivity (Wildman–Crippen MR) is 96.4 cm³/mol. The fraction of sp³-hybridized carbons (Fsp3) is 0.474. The van der Waals surface area contributed by atoms with Gasteiger partial charge in [0.2, 0.25) is 0 Å². The third kappa shape index (κ3) is 5.52. The lowest BCUT2D eigenvalue weighted by atomic mass is 10.1. The molecule has 0 unspecified atom stereocenters. The van der Waals surface area contributed by atoms with Gasteiger partial charge in [0.25, 0.3) is 0 Å². The first-order valence-electron chi connectivity index (χ1n) is 8.48. The van der Waals surface area contributed by atoms with E-state index in [-0.39, 0.29) is 13.2 Å². The van der Waals surface area contributed by atoms with Crippen LogP contribution in [0, 0.1) is 0 Å². The maximum atomic E-state index is 12.4. The molecule has 6 nitrogen and oxygen atoms in total. The Morgan fingerprint density at radius 2 is 1.92 bits per heavy atom. The van der Waals surface area contributed by atoms with Crippen LogP contribution in [0.25, 0.3) is 10.9 Å². The first-order valence-corrected chi connectivity index (χ1v) is 8.48. The summed E-state index contributed by atoms with van der Waals surface area (Å²) in [5.41, 5.74) is 1.52. The quantitative estimate of drug-likeness (QED) is 0.813. The molecule has 1 N–H and O–H groups in total. The third-order valence-corrected chi connectivity index (χ3v) is 3.60. The lowest BCUT2D eigenvalue weighted by Gasteiger charge is -2.26. The van der Waals surface area contributed by atoms with Gasteiger partial charge in [-0.25, -0.2) is 4.79 Å². The van der Waals surface area contributed by atoms with Crippen molar-refractivity contribution < 1.29 is 19.1 Å². The molecule has 1 aromatic heterocycles. The van der Waals surface area contributed by atoms with E-state index >= 15 is 0 Å². The number of fused-ring (bicyclic) bond motifs is 1. The van der Waals surface area contributed by atoms with Crippen LogP contribution in [0.4, 0.5) is 4.79 Å². The number of ether oxygens (including phenoxy) is 2. The number of H-pyrrole nitrogens is 1. The van der Waals surface area contributed by atoms with E-state index in [0.29, 0.717) is 13.0 Å². The highest BCUT2D eigenvalue weighted by Crippen LogP contribution is 2.19. The number of rotatable bonds is 6. The maximum Gasteiger partial charge on any atom is 0.410 e. The summed E-state index contributed by atoms with van der Waals surface area (Å²) in [5.74, 6) is -0.438. The topological polar surface area (TPSA) is 71.6 Å². The molecule has 2 aromatic rings. The van der Waals surface area contributed by atoms with Gasteiger partial charge < -0.3 is 14.5 Å². The van der Waals surface area contributed by atoms with Crippen molar-refractivity contribution in [2.75, 3.05) is 19.7 Å². The van der Waals surface area contributed by atoms with Crippen LogP contribution in [-0.2, 0) is 20.7 Å². The van der Waals surface area contributed by atoms with Crippen molar-refractivity contribution in [1.82, 2.24) is 9.88 Å². The van der Waals surface area contributed by atoms with E-state index in [1.807, 2.05) is 30.5 Å².